The Morgan fingerprint density at radius 3 is 2.38 bits per heavy atom. The van der Waals surface area contributed by atoms with Gasteiger partial charge < -0.3 is 4.18 Å². The summed E-state index contributed by atoms with van der Waals surface area (Å²) in [5.74, 6) is 0.231. The Bertz CT molecular complexity index is 999. The summed E-state index contributed by atoms with van der Waals surface area (Å²) in [6.07, 6.45) is 1.60. The molecule has 0 saturated heterocycles. The molecule has 0 unspecified atom stereocenters. The summed E-state index contributed by atoms with van der Waals surface area (Å²) in [5.41, 5.74) is 5.45. The van der Waals surface area contributed by atoms with Gasteiger partial charge in [0, 0.05) is 0 Å². The van der Waals surface area contributed by atoms with Crippen molar-refractivity contribution in [1.82, 2.24) is 0 Å². The molecule has 0 aromatic heterocycles. The van der Waals surface area contributed by atoms with Gasteiger partial charge in [-0.05, 0) is 48.9 Å². The number of nitrogens with one attached hydrogen (secondary N) is 1. The molecule has 0 heterocycles. The SMILES string of the molecule is Cc1ccc(S(=O)(=O)Oc2cccc(/C=N/Nc3ccccc3)c2)cc1. The van der Waals surface area contributed by atoms with E-state index in [1.165, 1.54) is 12.1 Å². The molecule has 26 heavy (non-hydrogen) atoms. The molecule has 3 rings (SSSR count). The first-order valence-corrected chi connectivity index (χ1v) is 9.39. The zero-order valence-corrected chi connectivity index (χ0v) is 15.0. The van der Waals surface area contributed by atoms with Crippen molar-refractivity contribution in [1.29, 1.82) is 0 Å². The minimum atomic E-state index is -3.87. The molecule has 0 bridgehead atoms. The molecule has 6 heteroatoms. The van der Waals surface area contributed by atoms with E-state index in [2.05, 4.69) is 10.5 Å². The van der Waals surface area contributed by atoms with Crippen LogP contribution in [0.15, 0.2) is 88.9 Å². The maximum Gasteiger partial charge on any atom is 0.339 e. The largest absolute Gasteiger partial charge is 0.379 e. The second kappa shape index (κ2) is 7.84. The predicted molar refractivity (Wildman–Crippen MR) is 103 cm³/mol. The number of hydrogen-bond donors (Lipinski definition) is 1. The molecule has 0 aliphatic heterocycles. The monoisotopic (exact) mass is 366 g/mol. The van der Waals surface area contributed by atoms with Crippen LogP contribution >= 0.6 is 0 Å². The normalized spacial score (nSPS) is 11.4. The highest BCUT2D eigenvalue weighted by Crippen LogP contribution is 2.19. The van der Waals surface area contributed by atoms with Crippen LogP contribution in [0.4, 0.5) is 5.69 Å². The standard InChI is InChI=1S/C20H18N2O3S/c1-16-10-12-20(13-11-16)26(23,24)25-19-9-5-6-17(14-19)15-21-22-18-7-3-2-4-8-18/h2-15,22H,1H3/b21-15+. The number of benzene rings is 3. The fraction of sp³-hybridized carbons (Fsp3) is 0.0500. The minimum Gasteiger partial charge on any atom is -0.379 e. The summed E-state index contributed by atoms with van der Waals surface area (Å²) < 4.78 is 29.9. The topological polar surface area (TPSA) is 67.8 Å². The van der Waals surface area contributed by atoms with Gasteiger partial charge in [-0.15, -0.1) is 0 Å². The zero-order valence-electron chi connectivity index (χ0n) is 14.2. The van der Waals surface area contributed by atoms with Crippen molar-refractivity contribution in [3.05, 3.63) is 90.0 Å². The first-order valence-electron chi connectivity index (χ1n) is 7.98. The van der Waals surface area contributed by atoms with Crippen LogP contribution in [0.5, 0.6) is 5.75 Å². The lowest BCUT2D eigenvalue weighted by atomic mass is 10.2. The molecule has 0 fully saturated rings. The number of para-hydroxylation sites is 1. The lowest BCUT2D eigenvalue weighted by Crippen LogP contribution is -2.09. The van der Waals surface area contributed by atoms with Gasteiger partial charge in [0.05, 0.1) is 11.9 Å². The smallest absolute Gasteiger partial charge is 0.339 e. The van der Waals surface area contributed by atoms with Crippen LogP contribution in [0.25, 0.3) is 0 Å². The van der Waals surface area contributed by atoms with E-state index in [1.807, 2.05) is 43.3 Å². The van der Waals surface area contributed by atoms with Gasteiger partial charge in [0.1, 0.15) is 10.6 Å². The van der Waals surface area contributed by atoms with Crippen LogP contribution in [0.1, 0.15) is 11.1 Å². The number of anilines is 1. The Balaban J connectivity index is 1.71. The Morgan fingerprint density at radius 1 is 0.923 bits per heavy atom. The van der Waals surface area contributed by atoms with Crippen molar-refractivity contribution in [2.24, 2.45) is 5.10 Å². The number of aryl methyl sites for hydroxylation is 1. The van der Waals surface area contributed by atoms with Gasteiger partial charge in [-0.25, -0.2) is 0 Å². The third-order valence-corrected chi connectivity index (χ3v) is 4.82. The first kappa shape index (κ1) is 17.7. The van der Waals surface area contributed by atoms with Gasteiger partial charge >= 0.3 is 10.1 Å². The van der Waals surface area contributed by atoms with Crippen LogP contribution in [0.2, 0.25) is 0 Å². The van der Waals surface area contributed by atoms with Crippen LogP contribution in [-0.4, -0.2) is 14.6 Å². The molecule has 0 saturated carbocycles. The Hall–Kier alpha value is -3.12. The van der Waals surface area contributed by atoms with Crippen molar-refractivity contribution in [2.75, 3.05) is 5.43 Å². The highest BCUT2D eigenvalue weighted by molar-refractivity contribution is 7.87. The molecular weight excluding hydrogens is 348 g/mol. The van der Waals surface area contributed by atoms with E-state index in [0.29, 0.717) is 5.56 Å². The summed E-state index contributed by atoms with van der Waals surface area (Å²) >= 11 is 0. The van der Waals surface area contributed by atoms with Crippen molar-refractivity contribution in [3.63, 3.8) is 0 Å². The van der Waals surface area contributed by atoms with Gasteiger partial charge in [0.15, 0.2) is 0 Å². The van der Waals surface area contributed by atoms with E-state index in [0.717, 1.165) is 11.3 Å². The zero-order chi connectivity index (χ0) is 18.4. The number of rotatable bonds is 6. The fourth-order valence-electron chi connectivity index (χ4n) is 2.22. The van der Waals surface area contributed by atoms with Gasteiger partial charge in [0.2, 0.25) is 0 Å². The second-order valence-electron chi connectivity index (χ2n) is 5.66. The van der Waals surface area contributed by atoms with Crippen molar-refractivity contribution >= 4 is 22.0 Å². The molecule has 0 amide bonds. The first-order chi connectivity index (χ1) is 12.5. The molecule has 1 N–H and O–H groups in total. The van der Waals surface area contributed by atoms with Crippen LogP contribution in [0.3, 0.4) is 0 Å². The summed E-state index contributed by atoms with van der Waals surface area (Å²) in [4.78, 5) is 0.118. The lowest BCUT2D eigenvalue weighted by Gasteiger charge is -2.08. The number of hydrazone groups is 1. The number of nitrogens with zero attached hydrogens (tertiary/aromatic N) is 1. The average Bonchev–Trinajstić information content (AvgIpc) is 2.63. The van der Waals surface area contributed by atoms with E-state index in [4.69, 9.17) is 4.18 Å². The average molecular weight is 366 g/mol. The van der Waals surface area contributed by atoms with E-state index in [1.54, 1.807) is 36.5 Å². The van der Waals surface area contributed by atoms with Gasteiger partial charge in [-0.2, -0.15) is 13.5 Å². The molecule has 3 aromatic rings. The molecular formula is C20H18N2O3S. The molecule has 0 aliphatic rings. The third kappa shape index (κ3) is 4.70. The van der Waals surface area contributed by atoms with Crippen molar-refractivity contribution < 1.29 is 12.6 Å². The lowest BCUT2D eigenvalue weighted by molar-refractivity contribution is 0.486. The summed E-state index contributed by atoms with van der Waals surface area (Å²) in [7, 11) is -3.87. The second-order valence-corrected chi connectivity index (χ2v) is 7.21. The number of hydrogen-bond acceptors (Lipinski definition) is 5. The summed E-state index contributed by atoms with van der Waals surface area (Å²) in [6, 6.07) is 22.8. The molecule has 5 nitrogen and oxygen atoms in total. The van der Waals surface area contributed by atoms with Crippen LogP contribution in [-0.2, 0) is 10.1 Å². The quantitative estimate of drug-likeness (QED) is 0.403. The van der Waals surface area contributed by atoms with Gasteiger partial charge in [0.25, 0.3) is 0 Å². The Kier molecular flexibility index (Phi) is 5.34. The summed E-state index contributed by atoms with van der Waals surface area (Å²) in [5, 5.41) is 4.14. The maximum atomic E-state index is 12.4. The van der Waals surface area contributed by atoms with Gasteiger partial charge in [-0.1, -0.05) is 48.0 Å². The molecule has 0 radical (unpaired) electrons. The summed E-state index contributed by atoms with van der Waals surface area (Å²) in [6.45, 7) is 1.89. The minimum absolute atomic E-state index is 0.118. The van der Waals surface area contributed by atoms with E-state index in [9.17, 15) is 8.42 Å². The Morgan fingerprint density at radius 2 is 1.65 bits per heavy atom. The van der Waals surface area contributed by atoms with Gasteiger partial charge in [-0.3, -0.25) is 5.43 Å². The molecule has 3 aromatic carbocycles. The molecule has 0 aliphatic carbocycles. The van der Waals surface area contributed by atoms with E-state index >= 15 is 0 Å². The molecule has 0 atom stereocenters. The highest BCUT2D eigenvalue weighted by atomic mass is 32.2. The highest BCUT2D eigenvalue weighted by Gasteiger charge is 2.16. The Labute approximate surface area is 153 Å². The molecule has 0 spiro atoms. The van der Waals surface area contributed by atoms with Crippen LogP contribution in [0, 0.1) is 6.92 Å². The fourth-order valence-corrected chi connectivity index (χ4v) is 3.14. The van der Waals surface area contributed by atoms with E-state index in [-0.39, 0.29) is 10.6 Å². The van der Waals surface area contributed by atoms with Crippen molar-refractivity contribution in [2.45, 2.75) is 11.8 Å². The third-order valence-electron chi connectivity index (χ3n) is 3.55. The molecule has 132 valence electrons. The van der Waals surface area contributed by atoms with Crippen LogP contribution < -0.4 is 9.61 Å². The van der Waals surface area contributed by atoms with E-state index < -0.39 is 10.1 Å². The maximum absolute atomic E-state index is 12.4. The predicted octanol–water partition coefficient (Wildman–Crippen LogP) is 4.21. The van der Waals surface area contributed by atoms with Crippen molar-refractivity contribution in [3.8, 4) is 5.75 Å².